The van der Waals surface area contributed by atoms with Gasteiger partial charge in [0.1, 0.15) is 5.82 Å². The lowest BCUT2D eigenvalue weighted by Gasteiger charge is -2.32. The molecule has 0 spiro atoms. The lowest BCUT2D eigenvalue weighted by molar-refractivity contribution is -0.384. The summed E-state index contributed by atoms with van der Waals surface area (Å²) in [5.74, 6) is 0.821. The quantitative estimate of drug-likeness (QED) is 0.671. The van der Waals surface area contributed by atoms with Crippen molar-refractivity contribution < 1.29 is 4.92 Å². The van der Waals surface area contributed by atoms with Gasteiger partial charge >= 0.3 is 0 Å². The van der Waals surface area contributed by atoms with Crippen LogP contribution in [0.5, 0.6) is 0 Å². The fraction of sp³-hybridized carbons (Fsp3) is 0.412. The standard InChI is InChI=1S/C17H21N5O2/c1-13-11-16(22(23)24)5-4-14(13)12-21-9-6-15(7-10-21)19-17-3-2-8-18-20-17/h2-5,8,11,15H,6-7,9-10,12H2,1H3,(H,19,20). The molecule has 7 nitrogen and oxygen atoms in total. The Labute approximate surface area is 140 Å². The number of nitro groups is 1. The number of likely N-dealkylation sites (tertiary alicyclic amines) is 1. The van der Waals surface area contributed by atoms with Crippen molar-refractivity contribution in [2.45, 2.75) is 32.4 Å². The van der Waals surface area contributed by atoms with E-state index in [0.717, 1.165) is 49.4 Å². The van der Waals surface area contributed by atoms with Crippen molar-refractivity contribution in [3.63, 3.8) is 0 Å². The van der Waals surface area contributed by atoms with Crippen LogP contribution in [0.15, 0.2) is 36.5 Å². The Bertz CT molecular complexity index is 699. The van der Waals surface area contributed by atoms with Gasteiger partial charge in [0, 0.05) is 44.0 Å². The number of hydrogen-bond donors (Lipinski definition) is 1. The summed E-state index contributed by atoms with van der Waals surface area (Å²) >= 11 is 0. The highest BCUT2D eigenvalue weighted by Crippen LogP contribution is 2.21. The van der Waals surface area contributed by atoms with Gasteiger partial charge in [-0.15, -0.1) is 5.10 Å². The van der Waals surface area contributed by atoms with Gasteiger partial charge in [-0.05, 0) is 43.0 Å². The van der Waals surface area contributed by atoms with Gasteiger partial charge in [0.15, 0.2) is 0 Å². The molecule has 1 saturated heterocycles. The molecule has 0 atom stereocenters. The molecule has 2 aromatic rings. The van der Waals surface area contributed by atoms with Gasteiger partial charge in [0.2, 0.25) is 0 Å². The van der Waals surface area contributed by atoms with Crippen molar-refractivity contribution in [1.29, 1.82) is 0 Å². The van der Waals surface area contributed by atoms with E-state index < -0.39 is 0 Å². The molecule has 1 N–H and O–H groups in total. The number of aryl methyl sites for hydroxylation is 1. The summed E-state index contributed by atoms with van der Waals surface area (Å²) in [5.41, 5.74) is 2.29. The molecule has 0 radical (unpaired) electrons. The van der Waals surface area contributed by atoms with E-state index in [9.17, 15) is 10.1 Å². The Kier molecular flexibility index (Phi) is 5.00. The molecule has 1 aliphatic heterocycles. The number of hydrogen-bond acceptors (Lipinski definition) is 6. The largest absolute Gasteiger partial charge is 0.366 e. The number of benzene rings is 1. The second-order valence-corrected chi connectivity index (χ2v) is 6.17. The van der Waals surface area contributed by atoms with Crippen molar-refractivity contribution >= 4 is 11.5 Å². The Morgan fingerprint density at radius 1 is 1.33 bits per heavy atom. The number of aromatic nitrogens is 2. The normalized spacial score (nSPS) is 16.0. The van der Waals surface area contributed by atoms with Gasteiger partial charge in [-0.1, -0.05) is 6.07 Å². The van der Waals surface area contributed by atoms with Crippen LogP contribution >= 0.6 is 0 Å². The smallest absolute Gasteiger partial charge is 0.269 e. The fourth-order valence-electron chi connectivity index (χ4n) is 3.03. The van der Waals surface area contributed by atoms with Crippen LogP contribution in [0.2, 0.25) is 0 Å². The first-order chi connectivity index (χ1) is 11.6. The third kappa shape index (κ3) is 4.05. The molecule has 0 amide bonds. The molecule has 0 saturated carbocycles. The van der Waals surface area contributed by atoms with Gasteiger partial charge in [-0.3, -0.25) is 15.0 Å². The minimum absolute atomic E-state index is 0.156. The van der Waals surface area contributed by atoms with Crippen LogP contribution in [0.3, 0.4) is 0 Å². The molecular weight excluding hydrogens is 306 g/mol. The molecule has 7 heteroatoms. The highest BCUT2D eigenvalue weighted by molar-refractivity contribution is 5.39. The van der Waals surface area contributed by atoms with Crippen molar-refractivity contribution in [3.8, 4) is 0 Å². The number of rotatable bonds is 5. The summed E-state index contributed by atoms with van der Waals surface area (Å²) in [7, 11) is 0. The molecule has 1 aliphatic rings. The zero-order valence-electron chi connectivity index (χ0n) is 13.7. The van der Waals surface area contributed by atoms with E-state index in [4.69, 9.17) is 0 Å². The van der Waals surface area contributed by atoms with Crippen LogP contribution in [-0.4, -0.2) is 39.2 Å². The van der Waals surface area contributed by atoms with Crippen LogP contribution < -0.4 is 5.32 Å². The number of nitrogens with one attached hydrogen (secondary N) is 1. The van der Waals surface area contributed by atoms with Gasteiger partial charge in [0.25, 0.3) is 5.69 Å². The Hall–Kier alpha value is -2.54. The average molecular weight is 327 g/mol. The number of non-ortho nitro benzene ring substituents is 1. The second-order valence-electron chi connectivity index (χ2n) is 6.17. The van der Waals surface area contributed by atoms with E-state index >= 15 is 0 Å². The Morgan fingerprint density at radius 3 is 2.75 bits per heavy atom. The van der Waals surface area contributed by atoms with Crippen molar-refractivity contribution in [1.82, 2.24) is 15.1 Å². The molecule has 0 bridgehead atoms. The Morgan fingerprint density at radius 2 is 2.12 bits per heavy atom. The van der Waals surface area contributed by atoms with E-state index in [2.05, 4.69) is 20.4 Å². The van der Waals surface area contributed by atoms with E-state index in [1.165, 1.54) is 0 Å². The van der Waals surface area contributed by atoms with Crippen molar-refractivity contribution in [2.24, 2.45) is 0 Å². The second kappa shape index (κ2) is 7.35. The third-order valence-corrected chi connectivity index (χ3v) is 4.44. The van der Waals surface area contributed by atoms with Crippen LogP contribution in [0.4, 0.5) is 11.5 Å². The number of nitrogens with zero attached hydrogens (tertiary/aromatic N) is 4. The summed E-state index contributed by atoms with van der Waals surface area (Å²) < 4.78 is 0. The summed E-state index contributed by atoms with van der Waals surface area (Å²) in [5, 5.41) is 22.2. The lowest BCUT2D eigenvalue weighted by Crippen LogP contribution is -2.38. The van der Waals surface area contributed by atoms with Gasteiger partial charge in [-0.2, -0.15) is 5.10 Å². The SMILES string of the molecule is Cc1cc([N+](=O)[O-])ccc1CN1CCC(Nc2cccnn2)CC1. The summed E-state index contributed by atoms with van der Waals surface area (Å²) in [6.07, 6.45) is 3.76. The maximum absolute atomic E-state index is 10.8. The minimum Gasteiger partial charge on any atom is -0.366 e. The van der Waals surface area contributed by atoms with Crippen LogP contribution in [-0.2, 0) is 6.54 Å². The predicted octanol–water partition coefficient (Wildman–Crippen LogP) is 2.77. The van der Waals surface area contributed by atoms with Crippen LogP contribution in [0, 0.1) is 17.0 Å². The number of piperidine rings is 1. The molecule has 3 rings (SSSR count). The number of anilines is 1. The maximum Gasteiger partial charge on any atom is 0.269 e. The topological polar surface area (TPSA) is 84.2 Å². The summed E-state index contributed by atoms with van der Waals surface area (Å²) in [4.78, 5) is 12.9. The molecule has 1 fully saturated rings. The lowest BCUT2D eigenvalue weighted by atomic mass is 10.0. The molecule has 1 aromatic carbocycles. The zero-order chi connectivity index (χ0) is 16.9. The first kappa shape index (κ1) is 16.3. The molecule has 1 aromatic heterocycles. The number of nitro benzene ring substituents is 1. The van der Waals surface area contributed by atoms with Gasteiger partial charge in [-0.25, -0.2) is 0 Å². The third-order valence-electron chi connectivity index (χ3n) is 4.44. The molecule has 0 aliphatic carbocycles. The summed E-state index contributed by atoms with van der Waals surface area (Å²) in [6.45, 7) is 4.76. The van der Waals surface area contributed by atoms with Crippen LogP contribution in [0.1, 0.15) is 24.0 Å². The average Bonchev–Trinajstić information content (AvgIpc) is 2.59. The van der Waals surface area contributed by atoms with Crippen molar-refractivity contribution in [2.75, 3.05) is 18.4 Å². The van der Waals surface area contributed by atoms with Gasteiger partial charge < -0.3 is 5.32 Å². The molecule has 0 unspecified atom stereocenters. The van der Waals surface area contributed by atoms with E-state index in [-0.39, 0.29) is 10.6 Å². The monoisotopic (exact) mass is 327 g/mol. The Balaban J connectivity index is 1.53. The summed E-state index contributed by atoms with van der Waals surface area (Å²) in [6, 6.07) is 9.33. The fourth-order valence-corrected chi connectivity index (χ4v) is 3.03. The van der Waals surface area contributed by atoms with E-state index in [1.807, 2.05) is 25.1 Å². The maximum atomic E-state index is 10.8. The molecule has 24 heavy (non-hydrogen) atoms. The minimum atomic E-state index is -0.347. The van der Waals surface area contributed by atoms with E-state index in [1.54, 1.807) is 18.3 Å². The van der Waals surface area contributed by atoms with Gasteiger partial charge in [0.05, 0.1) is 4.92 Å². The first-order valence-electron chi connectivity index (χ1n) is 8.12. The molecular formula is C17H21N5O2. The first-order valence-corrected chi connectivity index (χ1v) is 8.12. The highest BCUT2D eigenvalue weighted by atomic mass is 16.6. The zero-order valence-corrected chi connectivity index (χ0v) is 13.7. The molecule has 126 valence electrons. The highest BCUT2D eigenvalue weighted by Gasteiger charge is 2.20. The van der Waals surface area contributed by atoms with Crippen molar-refractivity contribution in [3.05, 3.63) is 57.8 Å². The van der Waals surface area contributed by atoms with Crippen LogP contribution in [0.25, 0.3) is 0 Å². The molecule has 2 heterocycles. The predicted molar refractivity (Wildman–Crippen MR) is 91.8 cm³/mol. The van der Waals surface area contributed by atoms with E-state index in [0.29, 0.717) is 6.04 Å².